The third-order valence-electron chi connectivity index (χ3n) is 1.93. The average molecular weight is 171 g/mol. The third-order valence-corrected chi connectivity index (χ3v) is 2.26. The molecule has 0 bridgehead atoms. The topological polar surface area (TPSA) is 9.23 Å². The quantitative estimate of drug-likeness (QED) is 0.535. The van der Waals surface area contributed by atoms with E-state index in [1.807, 2.05) is 0 Å². The monoisotopic (exact) mass is 171 g/mol. The first kappa shape index (κ1) is 11.2. The zero-order valence-electron chi connectivity index (χ0n) is 7.73. The van der Waals surface area contributed by atoms with Gasteiger partial charge in [-0.1, -0.05) is 39.5 Å². The minimum absolute atomic E-state index is 0.437. The third kappa shape index (κ3) is 6.57. The molecule has 2 heteroatoms. The molecule has 0 heterocycles. The van der Waals surface area contributed by atoms with Gasteiger partial charge in [-0.2, -0.15) is 0 Å². The first-order chi connectivity index (χ1) is 5.35. The molecule has 0 saturated heterocycles. The fourth-order valence-electron chi connectivity index (χ4n) is 1.13. The Labute approximate surface area is 74.1 Å². The van der Waals surface area contributed by atoms with E-state index in [1.54, 1.807) is 0 Å². The Morgan fingerprint density at radius 3 is 1.82 bits per heavy atom. The van der Waals surface area contributed by atoms with Crippen LogP contribution in [0, 0.1) is 0 Å². The largest absolute Gasteiger partial charge is 0.416 e. The lowest BCUT2D eigenvalue weighted by Crippen LogP contribution is -2.10. The van der Waals surface area contributed by atoms with Crippen LogP contribution < -0.4 is 0 Å². The van der Waals surface area contributed by atoms with Gasteiger partial charge in [-0.25, -0.2) is 0 Å². The molecule has 65 valence electrons. The highest BCUT2D eigenvalue weighted by atomic mass is 28.2. The molecule has 11 heavy (non-hydrogen) atoms. The summed E-state index contributed by atoms with van der Waals surface area (Å²) in [5.74, 6) is 0. The zero-order chi connectivity index (χ0) is 8.53. The van der Waals surface area contributed by atoms with Gasteiger partial charge in [0.15, 0.2) is 0 Å². The van der Waals surface area contributed by atoms with Gasteiger partial charge in [0.25, 0.3) is 0 Å². The molecule has 0 unspecified atom stereocenters. The van der Waals surface area contributed by atoms with E-state index in [-0.39, 0.29) is 0 Å². The van der Waals surface area contributed by atoms with E-state index in [2.05, 4.69) is 24.3 Å². The first-order valence-electron chi connectivity index (χ1n) is 4.67. The van der Waals surface area contributed by atoms with Crippen molar-refractivity contribution in [3.63, 3.8) is 0 Å². The predicted octanol–water partition coefficient (Wildman–Crippen LogP) is 2.84. The van der Waals surface area contributed by atoms with Gasteiger partial charge in [0, 0.05) is 6.10 Å². The summed E-state index contributed by atoms with van der Waals surface area (Å²) in [6.07, 6.45) is 7.90. The van der Waals surface area contributed by atoms with Crippen LogP contribution >= 0.6 is 0 Å². The summed E-state index contributed by atoms with van der Waals surface area (Å²) in [7, 11) is 3.12. The summed E-state index contributed by atoms with van der Waals surface area (Å²) in [6.45, 7) is 4.43. The minimum Gasteiger partial charge on any atom is -0.416 e. The van der Waals surface area contributed by atoms with Crippen LogP contribution in [0.5, 0.6) is 0 Å². The smallest absolute Gasteiger partial charge is 0.246 e. The molecule has 0 aromatic carbocycles. The van der Waals surface area contributed by atoms with E-state index in [0.717, 1.165) is 0 Å². The van der Waals surface area contributed by atoms with Crippen LogP contribution in [0.1, 0.15) is 52.4 Å². The summed E-state index contributed by atoms with van der Waals surface area (Å²) in [4.78, 5) is 0. The summed E-state index contributed by atoms with van der Waals surface area (Å²) in [5, 5.41) is 0. The van der Waals surface area contributed by atoms with Crippen molar-refractivity contribution in [1.82, 2.24) is 0 Å². The van der Waals surface area contributed by atoms with Crippen LogP contribution in [0.3, 0.4) is 0 Å². The van der Waals surface area contributed by atoms with Crippen molar-refractivity contribution >= 4 is 10.5 Å². The molecule has 3 radical (unpaired) electrons. The molecule has 1 nitrogen and oxygen atoms in total. The average Bonchev–Trinajstić information content (AvgIpc) is 2.05. The lowest BCUT2D eigenvalue weighted by Gasteiger charge is -2.13. The van der Waals surface area contributed by atoms with Crippen LogP contribution in [-0.4, -0.2) is 16.6 Å². The minimum atomic E-state index is 0.437. The van der Waals surface area contributed by atoms with Crippen LogP contribution in [0.2, 0.25) is 0 Å². The molecule has 0 rings (SSSR count). The highest BCUT2D eigenvalue weighted by Crippen LogP contribution is 2.10. The van der Waals surface area contributed by atoms with Crippen molar-refractivity contribution in [2.24, 2.45) is 0 Å². The highest BCUT2D eigenvalue weighted by molar-refractivity contribution is 5.98. The summed E-state index contributed by atoms with van der Waals surface area (Å²) in [6, 6.07) is 0. The Kier molecular flexibility index (Phi) is 8.41. The van der Waals surface area contributed by atoms with Crippen molar-refractivity contribution in [2.75, 3.05) is 0 Å². The molecule has 0 aromatic heterocycles. The summed E-state index contributed by atoms with van der Waals surface area (Å²) < 4.78 is 5.16. The van der Waals surface area contributed by atoms with Gasteiger partial charge < -0.3 is 4.43 Å². The maximum absolute atomic E-state index is 5.16. The van der Waals surface area contributed by atoms with Crippen LogP contribution in [-0.2, 0) is 4.43 Å². The maximum atomic E-state index is 5.16. The van der Waals surface area contributed by atoms with Crippen molar-refractivity contribution in [1.29, 1.82) is 0 Å². The second-order valence-electron chi connectivity index (χ2n) is 3.02. The second-order valence-corrected chi connectivity index (χ2v) is 3.26. The summed E-state index contributed by atoms with van der Waals surface area (Å²) in [5.41, 5.74) is 0. The molecular weight excluding hydrogens is 152 g/mol. The second kappa shape index (κ2) is 8.28. The van der Waals surface area contributed by atoms with E-state index < -0.39 is 0 Å². The standard InChI is InChI=1S/C9H19OSi/c1-3-5-7-9(10-11)8-6-4-2/h9H,3-8H2,1-2H3. The predicted molar refractivity (Wildman–Crippen MR) is 49.7 cm³/mol. The van der Waals surface area contributed by atoms with Gasteiger partial charge in [-0.3, -0.25) is 0 Å². The number of hydrogen-bond donors (Lipinski definition) is 0. The van der Waals surface area contributed by atoms with E-state index in [9.17, 15) is 0 Å². The van der Waals surface area contributed by atoms with Crippen LogP contribution in [0.15, 0.2) is 0 Å². The van der Waals surface area contributed by atoms with E-state index in [0.29, 0.717) is 6.10 Å². The molecule has 0 N–H and O–H groups in total. The molecular formula is C9H19OSi. The maximum Gasteiger partial charge on any atom is 0.246 e. The van der Waals surface area contributed by atoms with Gasteiger partial charge in [0.1, 0.15) is 0 Å². The Balaban J connectivity index is 3.25. The Morgan fingerprint density at radius 2 is 1.55 bits per heavy atom. The fraction of sp³-hybridized carbons (Fsp3) is 1.00. The molecule has 0 amide bonds. The molecule has 0 atom stereocenters. The number of hydrogen-bond acceptors (Lipinski definition) is 1. The van der Waals surface area contributed by atoms with Crippen LogP contribution in [0.4, 0.5) is 0 Å². The lowest BCUT2D eigenvalue weighted by molar-refractivity contribution is 0.191. The van der Waals surface area contributed by atoms with Gasteiger partial charge in [-0.15, -0.1) is 0 Å². The zero-order valence-corrected chi connectivity index (χ0v) is 8.73. The molecule has 0 fully saturated rings. The van der Waals surface area contributed by atoms with Gasteiger partial charge in [0.2, 0.25) is 10.5 Å². The van der Waals surface area contributed by atoms with E-state index >= 15 is 0 Å². The summed E-state index contributed by atoms with van der Waals surface area (Å²) >= 11 is 0. The van der Waals surface area contributed by atoms with E-state index in [1.165, 1.54) is 38.5 Å². The Hall–Kier alpha value is 0.177. The molecule has 0 aromatic rings. The van der Waals surface area contributed by atoms with E-state index in [4.69, 9.17) is 4.43 Å². The highest BCUT2D eigenvalue weighted by Gasteiger charge is 2.04. The fourth-order valence-corrected chi connectivity index (χ4v) is 1.36. The Bertz CT molecular complexity index is 68.0. The first-order valence-corrected chi connectivity index (χ1v) is 5.08. The van der Waals surface area contributed by atoms with Crippen molar-refractivity contribution in [2.45, 2.75) is 58.5 Å². The SMILES string of the molecule is CCCCC(CCCC)O[Si]. The Morgan fingerprint density at radius 1 is 1.09 bits per heavy atom. The van der Waals surface area contributed by atoms with Gasteiger partial charge >= 0.3 is 0 Å². The van der Waals surface area contributed by atoms with Crippen LogP contribution in [0.25, 0.3) is 0 Å². The molecule has 0 aliphatic heterocycles. The molecule has 0 saturated carbocycles. The lowest BCUT2D eigenvalue weighted by atomic mass is 10.1. The van der Waals surface area contributed by atoms with Crippen molar-refractivity contribution in [3.05, 3.63) is 0 Å². The number of unbranched alkanes of at least 4 members (excludes halogenated alkanes) is 2. The number of rotatable bonds is 7. The molecule has 0 aliphatic rings. The van der Waals surface area contributed by atoms with Crippen molar-refractivity contribution < 1.29 is 4.43 Å². The molecule has 0 spiro atoms. The van der Waals surface area contributed by atoms with Crippen molar-refractivity contribution in [3.8, 4) is 0 Å². The molecule has 0 aliphatic carbocycles. The normalized spacial score (nSPS) is 10.9. The van der Waals surface area contributed by atoms with Gasteiger partial charge in [0.05, 0.1) is 0 Å². The van der Waals surface area contributed by atoms with Gasteiger partial charge in [-0.05, 0) is 12.8 Å².